The third-order valence-electron chi connectivity index (χ3n) is 2.43. The monoisotopic (exact) mass is 228 g/mol. The number of likely N-dealkylation sites (N-methyl/N-ethyl adjacent to an activating group) is 1. The molecule has 1 unspecified atom stereocenters. The van der Waals surface area contributed by atoms with E-state index in [9.17, 15) is 0 Å². The topological polar surface area (TPSA) is 24.5 Å². The van der Waals surface area contributed by atoms with Crippen LogP contribution in [0.3, 0.4) is 0 Å². The molecule has 0 saturated carbocycles. The van der Waals surface area contributed by atoms with E-state index in [1.165, 1.54) is 5.57 Å². The lowest BCUT2D eigenvalue weighted by Crippen LogP contribution is -2.44. The summed E-state index contributed by atoms with van der Waals surface area (Å²) < 4.78 is 5.25. The van der Waals surface area contributed by atoms with Gasteiger partial charge in [-0.05, 0) is 26.4 Å². The van der Waals surface area contributed by atoms with Crippen molar-refractivity contribution >= 4 is 0 Å². The summed E-state index contributed by atoms with van der Waals surface area (Å²) in [4.78, 5) is 2.29. The van der Waals surface area contributed by atoms with E-state index in [1.54, 1.807) is 7.11 Å². The van der Waals surface area contributed by atoms with Crippen LogP contribution in [0.2, 0.25) is 0 Å². The Morgan fingerprint density at radius 2 is 2.00 bits per heavy atom. The maximum atomic E-state index is 5.25. The molecule has 0 saturated heterocycles. The van der Waals surface area contributed by atoms with Crippen molar-refractivity contribution in [3.63, 3.8) is 0 Å². The first-order chi connectivity index (χ1) is 7.47. The molecular formula is C13H28N2O. The van der Waals surface area contributed by atoms with Crippen molar-refractivity contribution in [2.24, 2.45) is 5.92 Å². The molecule has 0 bridgehead atoms. The molecule has 1 atom stereocenters. The van der Waals surface area contributed by atoms with Crippen molar-refractivity contribution in [1.82, 2.24) is 10.2 Å². The van der Waals surface area contributed by atoms with Gasteiger partial charge >= 0.3 is 0 Å². The van der Waals surface area contributed by atoms with Crippen LogP contribution in [0, 0.1) is 5.92 Å². The van der Waals surface area contributed by atoms with Gasteiger partial charge in [0.25, 0.3) is 0 Å². The first kappa shape index (κ1) is 15.6. The van der Waals surface area contributed by atoms with Gasteiger partial charge in [0.1, 0.15) is 0 Å². The highest BCUT2D eigenvalue weighted by Gasteiger charge is 2.14. The van der Waals surface area contributed by atoms with E-state index in [0.29, 0.717) is 12.0 Å². The second-order valence-corrected chi connectivity index (χ2v) is 5.03. The molecule has 0 aliphatic heterocycles. The van der Waals surface area contributed by atoms with Crippen LogP contribution in [-0.4, -0.2) is 51.3 Å². The third-order valence-corrected chi connectivity index (χ3v) is 2.43. The summed E-state index contributed by atoms with van der Waals surface area (Å²) in [5.41, 5.74) is 1.19. The van der Waals surface area contributed by atoms with Crippen LogP contribution in [0.1, 0.15) is 20.8 Å². The zero-order chi connectivity index (χ0) is 12.6. The van der Waals surface area contributed by atoms with Crippen molar-refractivity contribution in [2.75, 3.05) is 40.4 Å². The predicted molar refractivity (Wildman–Crippen MR) is 70.8 cm³/mol. The molecule has 1 N–H and O–H groups in total. The number of methoxy groups -OCH3 is 1. The Bertz CT molecular complexity index is 192. The highest BCUT2D eigenvalue weighted by Crippen LogP contribution is 2.00. The van der Waals surface area contributed by atoms with Crippen LogP contribution >= 0.6 is 0 Å². The van der Waals surface area contributed by atoms with Crippen molar-refractivity contribution in [3.8, 4) is 0 Å². The van der Waals surface area contributed by atoms with E-state index >= 15 is 0 Å². The molecule has 0 rings (SSSR count). The summed E-state index contributed by atoms with van der Waals surface area (Å²) in [6, 6.07) is 0.417. The zero-order valence-corrected chi connectivity index (χ0v) is 11.5. The SMILES string of the molecule is C=C(C)CN(C)C(CNCC(C)C)COC. The van der Waals surface area contributed by atoms with Crippen LogP contribution in [0.15, 0.2) is 12.2 Å². The quantitative estimate of drug-likeness (QED) is 0.609. The fourth-order valence-corrected chi connectivity index (χ4v) is 1.63. The van der Waals surface area contributed by atoms with Crippen molar-refractivity contribution < 1.29 is 4.74 Å². The van der Waals surface area contributed by atoms with E-state index in [2.05, 4.69) is 44.6 Å². The smallest absolute Gasteiger partial charge is 0.0630 e. The van der Waals surface area contributed by atoms with E-state index < -0.39 is 0 Å². The normalized spacial score (nSPS) is 13.4. The highest BCUT2D eigenvalue weighted by atomic mass is 16.5. The zero-order valence-electron chi connectivity index (χ0n) is 11.5. The Morgan fingerprint density at radius 1 is 1.38 bits per heavy atom. The molecule has 3 nitrogen and oxygen atoms in total. The number of hydrogen-bond acceptors (Lipinski definition) is 3. The molecule has 0 aromatic carbocycles. The molecule has 3 heteroatoms. The summed E-state index contributed by atoms with van der Waals surface area (Å²) in [7, 11) is 3.87. The molecule has 0 aromatic heterocycles. The van der Waals surface area contributed by atoms with Gasteiger partial charge < -0.3 is 10.1 Å². The number of rotatable bonds is 9. The fraction of sp³-hybridized carbons (Fsp3) is 0.846. The van der Waals surface area contributed by atoms with Gasteiger partial charge in [0.05, 0.1) is 6.61 Å². The summed E-state index contributed by atoms with van der Waals surface area (Å²) in [5.74, 6) is 0.689. The molecule has 0 radical (unpaired) electrons. The Kier molecular flexibility index (Phi) is 8.53. The predicted octanol–water partition coefficient (Wildman–Crippen LogP) is 1.75. The Morgan fingerprint density at radius 3 is 2.44 bits per heavy atom. The number of hydrogen-bond donors (Lipinski definition) is 1. The minimum absolute atomic E-state index is 0.417. The molecule has 0 aliphatic rings. The van der Waals surface area contributed by atoms with Crippen LogP contribution < -0.4 is 5.32 Å². The summed E-state index contributed by atoms with van der Waals surface area (Å²) in [6.07, 6.45) is 0. The fourth-order valence-electron chi connectivity index (χ4n) is 1.63. The van der Waals surface area contributed by atoms with Crippen LogP contribution in [0.5, 0.6) is 0 Å². The standard InChI is InChI=1S/C13H28N2O/c1-11(2)7-14-8-13(10-16-6)15(5)9-12(3)4/h11,13-14H,3,7-10H2,1-2,4-6H3. The van der Waals surface area contributed by atoms with E-state index in [-0.39, 0.29) is 0 Å². The first-order valence-electron chi connectivity index (χ1n) is 6.01. The second-order valence-electron chi connectivity index (χ2n) is 5.03. The number of nitrogens with one attached hydrogen (secondary N) is 1. The van der Waals surface area contributed by atoms with Crippen molar-refractivity contribution in [3.05, 3.63) is 12.2 Å². The lowest BCUT2D eigenvalue weighted by molar-refractivity contribution is 0.110. The Labute approximate surface area is 101 Å². The third kappa shape index (κ3) is 7.85. The van der Waals surface area contributed by atoms with Crippen LogP contribution in [0.25, 0.3) is 0 Å². The molecular weight excluding hydrogens is 200 g/mol. The summed E-state index contributed by atoms with van der Waals surface area (Å²) >= 11 is 0. The number of nitrogens with zero attached hydrogens (tertiary/aromatic N) is 1. The highest BCUT2D eigenvalue weighted by molar-refractivity contribution is 4.92. The van der Waals surface area contributed by atoms with Gasteiger partial charge in [0, 0.05) is 26.2 Å². The lowest BCUT2D eigenvalue weighted by Gasteiger charge is -2.28. The maximum Gasteiger partial charge on any atom is 0.0630 e. The van der Waals surface area contributed by atoms with Gasteiger partial charge in [-0.2, -0.15) is 0 Å². The minimum Gasteiger partial charge on any atom is -0.383 e. The molecule has 96 valence electrons. The van der Waals surface area contributed by atoms with Gasteiger partial charge in [-0.15, -0.1) is 0 Å². The van der Waals surface area contributed by atoms with E-state index in [4.69, 9.17) is 4.74 Å². The van der Waals surface area contributed by atoms with Crippen molar-refractivity contribution in [1.29, 1.82) is 0 Å². The lowest BCUT2D eigenvalue weighted by atomic mass is 10.2. The van der Waals surface area contributed by atoms with E-state index in [1.807, 2.05) is 0 Å². The first-order valence-corrected chi connectivity index (χ1v) is 6.01. The molecule has 16 heavy (non-hydrogen) atoms. The Balaban J connectivity index is 3.99. The van der Waals surface area contributed by atoms with Gasteiger partial charge in [-0.3, -0.25) is 4.90 Å². The molecule has 0 aliphatic carbocycles. The van der Waals surface area contributed by atoms with Gasteiger partial charge in [0.15, 0.2) is 0 Å². The molecule has 0 amide bonds. The maximum absolute atomic E-state index is 5.25. The van der Waals surface area contributed by atoms with Crippen LogP contribution in [-0.2, 0) is 4.74 Å². The summed E-state index contributed by atoms with van der Waals surface area (Å²) in [5, 5.41) is 3.47. The minimum atomic E-state index is 0.417. The molecule has 0 spiro atoms. The summed E-state index contributed by atoms with van der Waals surface area (Å²) in [6.45, 7) is 14.1. The Hall–Kier alpha value is -0.380. The second kappa shape index (κ2) is 8.74. The van der Waals surface area contributed by atoms with Crippen molar-refractivity contribution in [2.45, 2.75) is 26.8 Å². The van der Waals surface area contributed by atoms with Gasteiger partial charge in [-0.1, -0.05) is 26.0 Å². The number of ether oxygens (including phenoxy) is 1. The van der Waals surface area contributed by atoms with Crippen LogP contribution in [0.4, 0.5) is 0 Å². The molecule has 0 aromatic rings. The van der Waals surface area contributed by atoms with Gasteiger partial charge in [0.2, 0.25) is 0 Å². The molecule has 0 fully saturated rings. The largest absolute Gasteiger partial charge is 0.383 e. The average molecular weight is 228 g/mol. The van der Waals surface area contributed by atoms with E-state index in [0.717, 1.165) is 26.2 Å². The van der Waals surface area contributed by atoms with Gasteiger partial charge in [-0.25, -0.2) is 0 Å². The average Bonchev–Trinajstić information content (AvgIpc) is 2.14. The molecule has 0 heterocycles.